The smallest absolute Gasteiger partial charge is 0.438 e. The summed E-state index contributed by atoms with van der Waals surface area (Å²) in [6.45, 7) is 1.67. The van der Waals surface area contributed by atoms with Gasteiger partial charge in [0.15, 0.2) is 0 Å². The summed E-state index contributed by atoms with van der Waals surface area (Å²) in [5.74, 6) is 0.994. The first-order valence-corrected chi connectivity index (χ1v) is 18.1. The van der Waals surface area contributed by atoms with Gasteiger partial charge >= 0.3 is 6.16 Å². The van der Waals surface area contributed by atoms with Crippen molar-refractivity contribution in [1.82, 2.24) is 0 Å². The van der Waals surface area contributed by atoms with Crippen molar-refractivity contribution in [2.45, 2.75) is 138 Å². The predicted octanol–water partition coefficient (Wildman–Crippen LogP) is 9.62. The van der Waals surface area contributed by atoms with Gasteiger partial charge in [-0.2, -0.15) is 8.42 Å². The lowest BCUT2D eigenvalue weighted by Gasteiger charge is -2.32. The molecule has 236 valence electrons. The molecule has 3 saturated carbocycles. The largest absolute Gasteiger partial charge is 0.508 e. The van der Waals surface area contributed by atoms with E-state index in [0.717, 1.165) is 68.1 Å². The van der Waals surface area contributed by atoms with Crippen LogP contribution in [0.2, 0.25) is 0 Å². The molecule has 0 radical (unpaired) electrons. The Hall–Kier alpha value is -2.38. The third kappa shape index (κ3) is 7.83. The van der Waals surface area contributed by atoms with Gasteiger partial charge in [-0.1, -0.05) is 100 Å². The molecule has 0 amide bonds. The first-order valence-electron chi connectivity index (χ1n) is 16.7. The molecule has 0 heterocycles. The zero-order valence-corrected chi connectivity index (χ0v) is 27.0. The first-order chi connectivity index (χ1) is 20.8. The van der Waals surface area contributed by atoms with Crippen LogP contribution in [0.1, 0.15) is 150 Å². The van der Waals surface area contributed by atoms with Gasteiger partial charge in [0.25, 0.3) is 10.1 Å². The summed E-state index contributed by atoms with van der Waals surface area (Å²) in [6, 6.07) is 13.9. The van der Waals surface area contributed by atoms with Gasteiger partial charge in [-0.3, -0.25) is 4.18 Å². The monoisotopic (exact) mass is 610 g/mol. The summed E-state index contributed by atoms with van der Waals surface area (Å²) in [4.78, 5) is 12.6. The van der Waals surface area contributed by atoms with E-state index in [1.165, 1.54) is 57.6 Å². The van der Waals surface area contributed by atoms with Crippen LogP contribution in [0.5, 0.6) is 0 Å². The third-order valence-corrected chi connectivity index (χ3v) is 11.7. The van der Waals surface area contributed by atoms with Crippen LogP contribution in [0.25, 0.3) is 0 Å². The molecule has 2 aromatic rings. The molecule has 0 aromatic heterocycles. The lowest BCUT2D eigenvalue weighted by Crippen LogP contribution is -2.31. The Morgan fingerprint density at radius 3 is 1.74 bits per heavy atom. The van der Waals surface area contributed by atoms with Crippen LogP contribution in [0.3, 0.4) is 0 Å². The quantitative estimate of drug-likeness (QED) is 0.197. The molecule has 43 heavy (non-hydrogen) atoms. The number of benzene rings is 2. The maximum atomic E-state index is 14.4. The van der Waals surface area contributed by atoms with E-state index in [4.69, 9.17) is 13.7 Å². The van der Waals surface area contributed by atoms with Gasteiger partial charge in [0.05, 0.1) is 13.7 Å². The second-order valence-electron chi connectivity index (χ2n) is 13.2. The van der Waals surface area contributed by atoms with Crippen LogP contribution in [0, 0.1) is 0 Å². The number of hydrogen-bond donors (Lipinski definition) is 0. The first kappa shape index (κ1) is 32.0. The summed E-state index contributed by atoms with van der Waals surface area (Å²) in [6.07, 6.45) is 16.6. The molecule has 5 rings (SSSR count). The molecule has 3 fully saturated rings. The Kier molecular flexibility index (Phi) is 10.9. The van der Waals surface area contributed by atoms with Crippen LogP contribution in [0.15, 0.2) is 47.4 Å². The minimum atomic E-state index is -4.08. The van der Waals surface area contributed by atoms with E-state index < -0.39 is 21.9 Å². The standard InChI is InChI=1S/C36H50O6S/c1-36(42-35(37)40-2,31-21-13-6-14-22-31)23-24-41-43(38,39)34-32(28-17-9-4-10-18-28)25-30(27-15-7-3-8-16-27)26-33(34)29-19-11-5-12-20-29/h6,13-14,21-22,25-29H,3-5,7-12,15-20,23-24H2,1-2H3. The molecule has 1 unspecified atom stereocenters. The molecule has 0 bridgehead atoms. The van der Waals surface area contributed by atoms with Gasteiger partial charge in [-0.15, -0.1) is 0 Å². The fraction of sp³-hybridized carbons (Fsp3) is 0.639. The van der Waals surface area contributed by atoms with E-state index in [1.807, 2.05) is 30.3 Å². The predicted molar refractivity (Wildman–Crippen MR) is 169 cm³/mol. The van der Waals surface area contributed by atoms with Crippen molar-refractivity contribution in [2.75, 3.05) is 13.7 Å². The molecule has 0 N–H and O–H groups in total. The fourth-order valence-corrected chi connectivity index (χ4v) is 9.22. The maximum absolute atomic E-state index is 14.4. The summed E-state index contributed by atoms with van der Waals surface area (Å²) in [7, 11) is -2.81. The van der Waals surface area contributed by atoms with Gasteiger partial charge in [-0.25, -0.2) is 4.79 Å². The van der Waals surface area contributed by atoms with Crippen LogP contribution < -0.4 is 0 Å². The third-order valence-electron chi connectivity index (χ3n) is 10.3. The Bertz CT molecular complexity index is 1270. The molecule has 0 spiro atoms. The normalized spacial score (nSPS) is 20.8. The fourth-order valence-electron chi connectivity index (χ4n) is 7.77. The summed E-state index contributed by atoms with van der Waals surface area (Å²) in [5, 5.41) is 0. The van der Waals surface area contributed by atoms with Gasteiger partial charge in [0.1, 0.15) is 10.5 Å². The Labute approximate surface area is 259 Å². The van der Waals surface area contributed by atoms with E-state index in [-0.39, 0.29) is 24.9 Å². The summed E-state index contributed by atoms with van der Waals surface area (Å²) in [5.41, 5.74) is 3.00. The Morgan fingerprint density at radius 1 is 0.767 bits per heavy atom. The summed E-state index contributed by atoms with van der Waals surface area (Å²) >= 11 is 0. The average Bonchev–Trinajstić information content (AvgIpc) is 3.05. The molecular formula is C36H50O6S. The second kappa shape index (κ2) is 14.6. The number of carbonyl (C=O) groups excluding carboxylic acids is 1. The van der Waals surface area contributed by atoms with Gasteiger partial charge < -0.3 is 9.47 Å². The highest BCUT2D eigenvalue weighted by molar-refractivity contribution is 7.86. The van der Waals surface area contributed by atoms with Crippen molar-refractivity contribution in [3.8, 4) is 0 Å². The van der Waals surface area contributed by atoms with Gasteiger partial charge in [-0.05, 0) is 85.5 Å². The van der Waals surface area contributed by atoms with Crippen LogP contribution in [-0.2, 0) is 29.4 Å². The van der Waals surface area contributed by atoms with Crippen molar-refractivity contribution in [1.29, 1.82) is 0 Å². The van der Waals surface area contributed by atoms with Gasteiger partial charge in [0, 0.05) is 6.42 Å². The molecule has 1 atom stereocenters. The van der Waals surface area contributed by atoms with E-state index in [2.05, 4.69) is 12.1 Å². The van der Waals surface area contributed by atoms with Gasteiger partial charge in [0.2, 0.25) is 0 Å². The number of carbonyl (C=O) groups is 1. The lowest BCUT2D eigenvalue weighted by molar-refractivity contribution is -0.0309. The van der Waals surface area contributed by atoms with E-state index in [0.29, 0.717) is 10.8 Å². The minimum absolute atomic E-state index is 0.108. The highest BCUT2D eigenvalue weighted by Crippen LogP contribution is 2.46. The van der Waals surface area contributed by atoms with Crippen LogP contribution in [-0.4, -0.2) is 28.3 Å². The zero-order valence-electron chi connectivity index (χ0n) is 26.2. The topological polar surface area (TPSA) is 78.9 Å². The maximum Gasteiger partial charge on any atom is 0.508 e. The number of rotatable bonds is 10. The van der Waals surface area contributed by atoms with Crippen molar-refractivity contribution < 1.29 is 26.9 Å². The Balaban J connectivity index is 1.50. The highest BCUT2D eigenvalue weighted by atomic mass is 32.2. The molecule has 0 saturated heterocycles. The average molecular weight is 611 g/mol. The van der Waals surface area contributed by atoms with E-state index >= 15 is 0 Å². The highest BCUT2D eigenvalue weighted by Gasteiger charge is 2.36. The van der Waals surface area contributed by atoms with Crippen LogP contribution >= 0.6 is 0 Å². The second-order valence-corrected chi connectivity index (χ2v) is 14.8. The lowest BCUT2D eigenvalue weighted by atomic mass is 9.76. The summed E-state index contributed by atoms with van der Waals surface area (Å²) < 4.78 is 45.2. The zero-order chi connectivity index (χ0) is 30.3. The van der Waals surface area contributed by atoms with Crippen LogP contribution in [0.4, 0.5) is 4.79 Å². The molecular weight excluding hydrogens is 560 g/mol. The van der Waals surface area contributed by atoms with Crippen molar-refractivity contribution in [3.63, 3.8) is 0 Å². The van der Waals surface area contributed by atoms with E-state index in [9.17, 15) is 13.2 Å². The molecule has 7 heteroatoms. The number of hydrogen-bond acceptors (Lipinski definition) is 6. The molecule has 2 aromatic carbocycles. The Morgan fingerprint density at radius 2 is 1.26 bits per heavy atom. The SMILES string of the molecule is COC(=O)OC(C)(CCOS(=O)(=O)c1c(C2CCCCC2)cc(C2CCCCC2)cc1C1CCCCC1)c1ccccc1. The number of ether oxygens (including phenoxy) is 2. The van der Waals surface area contributed by atoms with Crippen molar-refractivity contribution in [2.24, 2.45) is 0 Å². The molecule has 6 nitrogen and oxygen atoms in total. The molecule has 0 aliphatic heterocycles. The van der Waals surface area contributed by atoms with E-state index in [1.54, 1.807) is 6.92 Å². The molecule has 3 aliphatic rings. The minimum Gasteiger partial charge on any atom is -0.438 e. The van der Waals surface area contributed by atoms with Crippen molar-refractivity contribution >= 4 is 16.3 Å². The number of methoxy groups -OCH3 is 1. The van der Waals surface area contributed by atoms with Crippen molar-refractivity contribution in [3.05, 3.63) is 64.7 Å². The molecule has 3 aliphatic carbocycles.